The highest BCUT2D eigenvalue weighted by molar-refractivity contribution is 9.08. The maximum absolute atomic E-state index is 6.20. The molecule has 5 heteroatoms. The van der Waals surface area contributed by atoms with Crippen LogP contribution in [-0.2, 0) is 18.4 Å². The van der Waals surface area contributed by atoms with E-state index in [-0.39, 0.29) is 0 Å². The number of fused-ring (bicyclic) bond motifs is 6. The van der Waals surface area contributed by atoms with Gasteiger partial charge in [0.2, 0.25) is 0 Å². The van der Waals surface area contributed by atoms with Crippen LogP contribution in [0, 0.1) is 0 Å². The molecule has 48 heavy (non-hydrogen) atoms. The van der Waals surface area contributed by atoms with Crippen LogP contribution >= 0.6 is 15.9 Å². The average molecular weight is 702 g/mol. The molecule has 2 heterocycles. The van der Waals surface area contributed by atoms with Gasteiger partial charge in [0.1, 0.15) is 11.5 Å². The van der Waals surface area contributed by atoms with Gasteiger partial charge in [0.05, 0.1) is 13.2 Å². The van der Waals surface area contributed by atoms with Crippen LogP contribution < -0.4 is 9.47 Å². The number of aromatic nitrogens is 2. The lowest BCUT2D eigenvalue weighted by Gasteiger charge is -2.12. The summed E-state index contributed by atoms with van der Waals surface area (Å²) in [7, 11) is 0. The molecule has 7 aromatic rings. The van der Waals surface area contributed by atoms with E-state index in [1.165, 1.54) is 74.9 Å². The third kappa shape index (κ3) is 7.27. The standard InChI is InChI=1S/C43H45BrN2O2/c44-32-33-29-34(47-27-15-3-1-13-25-45-40-21-9-5-17-36(40)37-18-6-10-22-41(37)45)31-35(30-33)48-28-16-4-2-14-26-46-42-23-11-7-19-38(42)39-20-8-12-24-43(39)46/h5-12,17-24,29-31H,1-4,13-16,25-28,32H2. The number of hydrogen-bond acceptors (Lipinski definition) is 2. The van der Waals surface area contributed by atoms with Crippen molar-refractivity contribution in [2.24, 2.45) is 0 Å². The van der Waals surface area contributed by atoms with Crippen LogP contribution in [0.2, 0.25) is 0 Å². The van der Waals surface area contributed by atoms with Gasteiger partial charge in [0.15, 0.2) is 0 Å². The summed E-state index contributed by atoms with van der Waals surface area (Å²) >= 11 is 3.62. The lowest BCUT2D eigenvalue weighted by Crippen LogP contribution is -2.02. The van der Waals surface area contributed by atoms with Gasteiger partial charge in [-0.05, 0) is 67.6 Å². The molecule has 7 rings (SSSR count). The zero-order valence-electron chi connectivity index (χ0n) is 27.8. The number of aryl methyl sites for hydroxylation is 2. The first-order valence-electron chi connectivity index (χ1n) is 17.7. The van der Waals surface area contributed by atoms with Crippen molar-refractivity contribution in [3.05, 3.63) is 121 Å². The number of alkyl halides is 1. The molecule has 246 valence electrons. The van der Waals surface area contributed by atoms with Crippen molar-refractivity contribution < 1.29 is 9.47 Å². The van der Waals surface area contributed by atoms with Crippen molar-refractivity contribution in [3.8, 4) is 11.5 Å². The Balaban J connectivity index is 0.819. The number of nitrogens with zero attached hydrogens (tertiary/aromatic N) is 2. The summed E-state index contributed by atoms with van der Waals surface area (Å²) < 4.78 is 17.4. The first-order valence-corrected chi connectivity index (χ1v) is 18.8. The fourth-order valence-corrected chi connectivity index (χ4v) is 7.52. The van der Waals surface area contributed by atoms with Crippen molar-refractivity contribution in [2.75, 3.05) is 13.2 Å². The van der Waals surface area contributed by atoms with Gasteiger partial charge >= 0.3 is 0 Å². The van der Waals surface area contributed by atoms with Gasteiger partial charge < -0.3 is 18.6 Å². The van der Waals surface area contributed by atoms with E-state index in [2.05, 4.69) is 140 Å². The maximum atomic E-state index is 6.20. The fraction of sp³-hybridized carbons (Fsp3) is 0.302. The van der Waals surface area contributed by atoms with Crippen molar-refractivity contribution in [3.63, 3.8) is 0 Å². The van der Waals surface area contributed by atoms with Gasteiger partial charge in [-0.15, -0.1) is 0 Å². The molecule has 0 unspecified atom stereocenters. The lowest BCUT2D eigenvalue weighted by atomic mass is 10.2. The van der Waals surface area contributed by atoms with Gasteiger partial charge in [-0.25, -0.2) is 0 Å². The number of benzene rings is 5. The summed E-state index contributed by atoms with van der Waals surface area (Å²) in [5.74, 6) is 1.80. The van der Waals surface area contributed by atoms with Crippen molar-refractivity contribution in [1.82, 2.24) is 9.13 Å². The van der Waals surface area contributed by atoms with E-state index in [1.54, 1.807) is 0 Å². The van der Waals surface area contributed by atoms with Crippen LogP contribution in [0.4, 0.5) is 0 Å². The molecule has 0 aliphatic rings. The number of rotatable bonds is 17. The number of unbranched alkanes of at least 4 members (excludes halogenated alkanes) is 6. The number of hydrogen-bond donors (Lipinski definition) is 0. The molecule has 0 saturated carbocycles. The molecule has 0 amide bonds. The van der Waals surface area contributed by atoms with Crippen LogP contribution in [-0.4, -0.2) is 22.3 Å². The minimum atomic E-state index is 0.729. The van der Waals surface area contributed by atoms with Gasteiger partial charge in [0.25, 0.3) is 0 Å². The molecule has 2 aromatic heterocycles. The van der Waals surface area contributed by atoms with Crippen molar-refractivity contribution in [1.29, 1.82) is 0 Å². The third-order valence-electron chi connectivity index (χ3n) is 9.54. The normalized spacial score (nSPS) is 11.7. The van der Waals surface area contributed by atoms with Crippen LogP contribution in [0.5, 0.6) is 11.5 Å². The topological polar surface area (TPSA) is 28.3 Å². The van der Waals surface area contributed by atoms with Crippen LogP contribution in [0.25, 0.3) is 43.6 Å². The van der Waals surface area contributed by atoms with Crippen LogP contribution in [0.1, 0.15) is 56.9 Å². The Morgan fingerprint density at radius 3 is 1.15 bits per heavy atom. The summed E-state index contributed by atoms with van der Waals surface area (Å²) in [5, 5.41) is 6.18. The average Bonchev–Trinajstić information content (AvgIpc) is 3.63. The van der Waals surface area contributed by atoms with E-state index >= 15 is 0 Å². The van der Waals surface area contributed by atoms with Crippen molar-refractivity contribution in [2.45, 2.75) is 69.8 Å². The zero-order valence-corrected chi connectivity index (χ0v) is 29.3. The van der Waals surface area contributed by atoms with Gasteiger partial charge in [-0.3, -0.25) is 0 Å². The number of ether oxygens (including phenoxy) is 2. The molecule has 0 fully saturated rings. The first-order chi connectivity index (χ1) is 23.8. The van der Waals surface area contributed by atoms with E-state index in [9.17, 15) is 0 Å². The van der Waals surface area contributed by atoms with E-state index in [0.29, 0.717) is 0 Å². The highest BCUT2D eigenvalue weighted by Crippen LogP contribution is 2.31. The Kier molecular flexibility index (Phi) is 10.6. The quantitative estimate of drug-likeness (QED) is 0.0698. The molecule has 0 aliphatic heterocycles. The second-order valence-corrected chi connectivity index (χ2v) is 13.4. The minimum absolute atomic E-state index is 0.729. The largest absolute Gasteiger partial charge is 0.493 e. The van der Waals surface area contributed by atoms with Gasteiger partial charge in [0, 0.05) is 68.1 Å². The molecule has 5 aromatic carbocycles. The van der Waals surface area contributed by atoms with E-state index in [4.69, 9.17) is 9.47 Å². The second kappa shape index (κ2) is 15.8. The second-order valence-electron chi connectivity index (χ2n) is 12.8. The lowest BCUT2D eigenvalue weighted by molar-refractivity contribution is 0.289. The summed E-state index contributed by atoms with van der Waals surface area (Å²) in [6.45, 7) is 3.55. The van der Waals surface area contributed by atoms with E-state index in [1.807, 2.05) is 0 Å². The first kappa shape index (κ1) is 32.3. The zero-order chi connectivity index (χ0) is 32.5. The monoisotopic (exact) mass is 700 g/mol. The predicted octanol–water partition coefficient (Wildman–Crippen LogP) is 12.1. The molecule has 4 nitrogen and oxygen atoms in total. The number of para-hydroxylation sites is 4. The Bertz CT molecular complexity index is 1860. The molecular formula is C43H45BrN2O2. The summed E-state index contributed by atoms with van der Waals surface area (Å²) in [5.41, 5.74) is 6.52. The minimum Gasteiger partial charge on any atom is -0.493 e. The van der Waals surface area contributed by atoms with Crippen LogP contribution in [0.15, 0.2) is 115 Å². The van der Waals surface area contributed by atoms with Gasteiger partial charge in [-0.1, -0.05) is 114 Å². The fourth-order valence-electron chi connectivity index (χ4n) is 7.19. The van der Waals surface area contributed by atoms with Crippen LogP contribution in [0.3, 0.4) is 0 Å². The Labute approximate surface area is 292 Å². The Morgan fingerprint density at radius 1 is 0.417 bits per heavy atom. The maximum Gasteiger partial charge on any atom is 0.123 e. The molecule has 0 saturated heterocycles. The predicted molar refractivity (Wildman–Crippen MR) is 206 cm³/mol. The van der Waals surface area contributed by atoms with Gasteiger partial charge in [-0.2, -0.15) is 0 Å². The van der Waals surface area contributed by atoms with E-state index in [0.717, 1.165) is 68.8 Å². The Morgan fingerprint density at radius 2 is 0.771 bits per heavy atom. The highest BCUT2D eigenvalue weighted by Gasteiger charge is 2.11. The van der Waals surface area contributed by atoms with Crippen molar-refractivity contribution >= 4 is 59.5 Å². The number of halogens is 1. The smallest absolute Gasteiger partial charge is 0.123 e. The molecule has 0 spiro atoms. The molecule has 0 radical (unpaired) electrons. The van der Waals surface area contributed by atoms with E-state index < -0.39 is 0 Å². The molecule has 0 aliphatic carbocycles. The summed E-state index contributed by atoms with van der Waals surface area (Å²) in [4.78, 5) is 0. The SMILES string of the molecule is BrCc1cc(OCCCCCCn2c3ccccc3c3ccccc32)cc(OCCCCCCn2c3ccccc3c3ccccc32)c1. The summed E-state index contributed by atoms with van der Waals surface area (Å²) in [6.07, 6.45) is 9.15. The molecule has 0 N–H and O–H groups in total. The third-order valence-corrected chi connectivity index (χ3v) is 10.2. The molecule has 0 atom stereocenters. The summed E-state index contributed by atoms with van der Waals surface area (Å²) in [6, 6.07) is 41.4. The Hall–Kier alpha value is -4.22. The molecule has 0 bridgehead atoms. The molecular weight excluding hydrogens is 656 g/mol. The highest BCUT2D eigenvalue weighted by atomic mass is 79.9.